The number of nitrogens with zero attached hydrogens (tertiary/aromatic N) is 3. The first-order valence-corrected chi connectivity index (χ1v) is 14.9. The van der Waals surface area contributed by atoms with Gasteiger partial charge in [-0.05, 0) is 52.5 Å². The molecule has 1 amide bonds. The predicted molar refractivity (Wildman–Crippen MR) is 161 cm³/mol. The van der Waals surface area contributed by atoms with Gasteiger partial charge in [-0.2, -0.15) is 18.2 Å². The van der Waals surface area contributed by atoms with Crippen LogP contribution in [-0.4, -0.2) is 65.0 Å². The third-order valence-corrected chi connectivity index (χ3v) is 7.38. The molecule has 0 bridgehead atoms. The van der Waals surface area contributed by atoms with E-state index in [1.165, 1.54) is 11.3 Å². The Bertz CT molecular complexity index is 1320. The number of amides is 1. The molecule has 14 heteroatoms. The van der Waals surface area contributed by atoms with Crippen LogP contribution in [0.1, 0.15) is 63.2 Å². The summed E-state index contributed by atoms with van der Waals surface area (Å²) >= 11 is 1.50. The predicted octanol–water partition coefficient (Wildman–Crippen LogP) is 6.29. The summed E-state index contributed by atoms with van der Waals surface area (Å²) in [6.45, 7) is 8.05. The lowest BCUT2D eigenvalue weighted by Crippen LogP contribution is -2.36. The molecule has 0 spiro atoms. The zero-order chi connectivity index (χ0) is 31.6. The molecule has 10 nitrogen and oxygen atoms in total. The van der Waals surface area contributed by atoms with Crippen molar-refractivity contribution in [2.24, 2.45) is 5.92 Å². The monoisotopic (exact) mass is 624 g/mol. The van der Waals surface area contributed by atoms with Crippen molar-refractivity contribution in [1.29, 1.82) is 0 Å². The number of allylic oxidation sites excluding steroid dienone is 3. The summed E-state index contributed by atoms with van der Waals surface area (Å²) < 4.78 is 48.9. The highest BCUT2D eigenvalue weighted by Gasteiger charge is 2.28. The van der Waals surface area contributed by atoms with Crippen molar-refractivity contribution in [3.05, 3.63) is 34.5 Å². The first-order chi connectivity index (χ1) is 20.2. The molecule has 1 aliphatic rings. The first-order valence-electron chi connectivity index (χ1n) is 14.1. The molecule has 1 unspecified atom stereocenters. The van der Waals surface area contributed by atoms with Crippen molar-refractivity contribution in [1.82, 2.24) is 20.3 Å². The van der Waals surface area contributed by atoms with E-state index < -0.39 is 30.4 Å². The van der Waals surface area contributed by atoms with E-state index in [9.17, 15) is 22.8 Å². The normalized spacial score (nSPS) is 13.6. The number of fused-ring (bicyclic) bond motifs is 1. The Balaban J connectivity index is 1.62. The number of aromatic nitrogens is 3. The Morgan fingerprint density at radius 2 is 1.86 bits per heavy atom. The first kappa shape index (κ1) is 33.8. The molecular weight excluding hydrogens is 585 g/mol. The molecule has 1 aliphatic carbocycles. The van der Waals surface area contributed by atoms with E-state index in [0.29, 0.717) is 41.5 Å². The molecule has 2 heterocycles. The van der Waals surface area contributed by atoms with E-state index in [1.54, 1.807) is 27.7 Å². The van der Waals surface area contributed by atoms with Gasteiger partial charge < -0.3 is 25.4 Å². The number of carbonyl (C=O) groups excluding carboxylic acids is 2. The Labute approximate surface area is 253 Å². The average molecular weight is 625 g/mol. The summed E-state index contributed by atoms with van der Waals surface area (Å²) in [5.41, 5.74) is 1.32. The molecule has 0 aromatic carbocycles. The van der Waals surface area contributed by atoms with Crippen LogP contribution in [0.5, 0.6) is 0 Å². The van der Waals surface area contributed by atoms with Crippen LogP contribution in [-0.2, 0) is 20.7 Å². The Morgan fingerprint density at radius 3 is 2.56 bits per heavy atom. The van der Waals surface area contributed by atoms with Crippen LogP contribution in [0.15, 0.2) is 18.2 Å². The maximum atomic E-state index is 12.9. The van der Waals surface area contributed by atoms with Crippen LogP contribution in [0.4, 0.5) is 29.7 Å². The lowest BCUT2D eigenvalue weighted by Gasteiger charge is -2.19. The number of ether oxygens (including phenoxy) is 2. The summed E-state index contributed by atoms with van der Waals surface area (Å²) in [7, 11) is 0. The van der Waals surface area contributed by atoms with Gasteiger partial charge in [0.15, 0.2) is 0 Å². The number of alkyl halides is 3. The highest BCUT2D eigenvalue weighted by atomic mass is 32.1. The van der Waals surface area contributed by atoms with Crippen molar-refractivity contribution in [3.63, 3.8) is 0 Å². The van der Waals surface area contributed by atoms with Crippen LogP contribution in [0, 0.1) is 12.8 Å². The minimum absolute atomic E-state index is 0.124. The molecule has 3 N–H and O–H groups in total. The fourth-order valence-corrected chi connectivity index (χ4v) is 5.28. The molecule has 2 aromatic heterocycles. The minimum atomic E-state index is -4.42. The van der Waals surface area contributed by atoms with Crippen LogP contribution in [0.25, 0.3) is 16.6 Å². The van der Waals surface area contributed by atoms with Crippen LogP contribution in [0.2, 0.25) is 0 Å². The fraction of sp³-hybridized carbons (Fsp3) is 0.552. The second kappa shape index (κ2) is 15.2. The minimum Gasteiger partial charge on any atom is -0.464 e. The maximum absolute atomic E-state index is 12.9. The number of anilines is 2. The second-order valence-electron chi connectivity index (χ2n) is 11.0. The number of halogens is 3. The lowest BCUT2D eigenvalue weighted by atomic mass is 9.99. The van der Waals surface area contributed by atoms with Gasteiger partial charge >= 0.3 is 18.2 Å². The Hall–Kier alpha value is -3.68. The third-order valence-electron chi connectivity index (χ3n) is 6.27. The zero-order valence-corrected chi connectivity index (χ0v) is 25.9. The van der Waals surface area contributed by atoms with Gasteiger partial charge in [0.1, 0.15) is 29.5 Å². The van der Waals surface area contributed by atoms with Gasteiger partial charge in [-0.3, -0.25) is 4.79 Å². The summed E-state index contributed by atoms with van der Waals surface area (Å²) in [5.74, 6) is -0.0942. The van der Waals surface area contributed by atoms with Crippen molar-refractivity contribution in [2.45, 2.75) is 72.1 Å². The maximum Gasteiger partial charge on any atom is 0.408 e. The third kappa shape index (κ3) is 11.5. The summed E-state index contributed by atoms with van der Waals surface area (Å²) in [6, 6.07) is 0. The van der Waals surface area contributed by atoms with Gasteiger partial charge in [-0.15, -0.1) is 11.3 Å². The molecular formula is C29H39F3N6O4S. The topological polar surface area (TPSA) is 127 Å². The standard InChI is InChI=1S/C29H39F3N6O4S/c1-6-19(13-15-41-22(39)16-34-27(40)42-28(3,4)5)12-14-33-24-23(18(2)36-26(38-24)35-17-29(30,31)32)25-37-20-10-8-7-9-11-21(20)43-25/h7-10,19H,6,11-17H2,1-5H3,(H,34,40)(H2,33,35,36,38). The molecule has 236 valence electrons. The van der Waals surface area contributed by atoms with Crippen molar-refractivity contribution < 1.29 is 32.2 Å². The highest BCUT2D eigenvalue weighted by Crippen LogP contribution is 2.36. The van der Waals surface area contributed by atoms with Gasteiger partial charge in [0.05, 0.1) is 23.6 Å². The summed E-state index contributed by atoms with van der Waals surface area (Å²) in [5, 5.41) is 8.62. The number of alkyl carbamates (subject to hydrolysis) is 1. The SMILES string of the molecule is CCC(CCNc1nc(NCC(F)(F)F)nc(C)c1-c1nc2c(s1)CC=CC=C2)CCOC(=O)CNC(=O)OC(C)(C)C. The number of esters is 1. The number of hydrogen-bond acceptors (Lipinski definition) is 10. The smallest absolute Gasteiger partial charge is 0.408 e. The van der Waals surface area contributed by atoms with E-state index in [0.717, 1.165) is 23.4 Å². The van der Waals surface area contributed by atoms with Gasteiger partial charge in [0.2, 0.25) is 5.95 Å². The number of hydrogen-bond donors (Lipinski definition) is 3. The van der Waals surface area contributed by atoms with Gasteiger partial charge in [0.25, 0.3) is 0 Å². The molecule has 0 saturated carbocycles. The largest absolute Gasteiger partial charge is 0.464 e. The van der Waals surface area contributed by atoms with Crippen LogP contribution < -0.4 is 16.0 Å². The number of nitrogens with one attached hydrogen (secondary N) is 3. The molecule has 2 aromatic rings. The number of aryl methyl sites for hydroxylation is 1. The van der Waals surface area contributed by atoms with Gasteiger partial charge in [0, 0.05) is 17.8 Å². The van der Waals surface area contributed by atoms with Gasteiger partial charge in [-0.1, -0.05) is 31.6 Å². The second-order valence-corrected chi connectivity index (χ2v) is 12.1. The van der Waals surface area contributed by atoms with Gasteiger partial charge in [-0.25, -0.2) is 14.8 Å². The summed E-state index contributed by atoms with van der Waals surface area (Å²) in [4.78, 5) is 38.2. The number of rotatable bonds is 13. The molecule has 0 aliphatic heterocycles. The number of thiazole rings is 1. The Kier molecular flexibility index (Phi) is 11.9. The average Bonchev–Trinajstić information content (AvgIpc) is 3.17. The summed E-state index contributed by atoms with van der Waals surface area (Å²) in [6.07, 6.45) is 5.58. The van der Waals surface area contributed by atoms with E-state index in [2.05, 4.69) is 25.9 Å². The zero-order valence-electron chi connectivity index (χ0n) is 25.1. The highest BCUT2D eigenvalue weighted by molar-refractivity contribution is 7.15. The number of carbonyl (C=O) groups is 2. The van der Waals surface area contributed by atoms with E-state index >= 15 is 0 Å². The van der Waals surface area contributed by atoms with E-state index in [4.69, 9.17) is 14.5 Å². The van der Waals surface area contributed by atoms with E-state index in [1.807, 2.05) is 31.2 Å². The Morgan fingerprint density at radius 1 is 1.09 bits per heavy atom. The molecule has 0 saturated heterocycles. The molecule has 1 atom stereocenters. The van der Waals surface area contributed by atoms with Crippen molar-refractivity contribution in [2.75, 3.05) is 36.9 Å². The molecule has 0 radical (unpaired) electrons. The van der Waals surface area contributed by atoms with Crippen molar-refractivity contribution >= 4 is 41.2 Å². The van der Waals surface area contributed by atoms with Crippen LogP contribution >= 0.6 is 11.3 Å². The fourth-order valence-electron chi connectivity index (χ4n) is 4.16. The molecule has 43 heavy (non-hydrogen) atoms. The van der Waals surface area contributed by atoms with Crippen molar-refractivity contribution in [3.8, 4) is 10.6 Å². The quantitative estimate of drug-likeness (QED) is 0.220. The van der Waals surface area contributed by atoms with Crippen LogP contribution in [0.3, 0.4) is 0 Å². The molecule has 0 fully saturated rings. The molecule has 3 rings (SSSR count). The lowest BCUT2D eigenvalue weighted by molar-refractivity contribution is -0.142. The van der Waals surface area contributed by atoms with E-state index in [-0.39, 0.29) is 25.0 Å².